The average molecular weight is 284 g/mol. The van der Waals surface area contributed by atoms with E-state index in [2.05, 4.69) is 45.1 Å². The largest absolute Gasteiger partial charge is 0.396 e. The SMILES string of the molecule is OC[C@@H]1CCCN(Cc2ccc(Br)cc2)C1. The molecule has 0 aliphatic carbocycles. The van der Waals surface area contributed by atoms with E-state index in [4.69, 9.17) is 0 Å². The summed E-state index contributed by atoms with van der Waals surface area (Å²) in [5.74, 6) is 0.476. The molecule has 0 unspecified atom stereocenters. The molecule has 1 aromatic carbocycles. The Morgan fingerprint density at radius 2 is 2.06 bits per heavy atom. The number of halogens is 1. The van der Waals surface area contributed by atoms with Crippen LogP contribution >= 0.6 is 15.9 Å². The Balaban J connectivity index is 1.91. The molecule has 0 bridgehead atoms. The van der Waals surface area contributed by atoms with Crippen LogP contribution in [0, 0.1) is 5.92 Å². The minimum Gasteiger partial charge on any atom is -0.396 e. The molecule has 0 amide bonds. The number of likely N-dealkylation sites (tertiary alicyclic amines) is 1. The van der Waals surface area contributed by atoms with Gasteiger partial charge in [-0.25, -0.2) is 0 Å². The molecule has 1 atom stereocenters. The standard InChI is InChI=1S/C13H18BrNO/c14-13-5-3-11(4-6-13)8-15-7-1-2-12(9-15)10-16/h3-6,12,16H,1-2,7-10H2/t12-/m1/s1. The van der Waals surface area contributed by atoms with E-state index in [0.29, 0.717) is 12.5 Å². The van der Waals surface area contributed by atoms with E-state index >= 15 is 0 Å². The maximum absolute atomic E-state index is 9.18. The van der Waals surface area contributed by atoms with Crippen molar-refractivity contribution in [2.75, 3.05) is 19.7 Å². The lowest BCUT2D eigenvalue weighted by molar-refractivity contribution is 0.116. The van der Waals surface area contributed by atoms with Gasteiger partial charge in [0.25, 0.3) is 0 Å². The van der Waals surface area contributed by atoms with Crippen LogP contribution in [0.25, 0.3) is 0 Å². The van der Waals surface area contributed by atoms with Crippen molar-refractivity contribution in [3.63, 3.8) is 0 Å². The summed E-state index contributed by atoms with van der Waals surface area (Å²) in [5.41, 5.74) is 1.35. The fourth-order valence-electron chi connectivity index (χ4n) is 2.29. The fraction of sp³-hybridized carbons (Fsp3) is 0.538. The topological polar surface area (TPSA) is 23.5 Å². The van der Waals surface area contributed by atoms with Gasteiger partial charge in [-0.15, -0.1) is 0 Å². The van der Waals surface area contributed by atoms with Gasteiger partial charge in [0, 0.05) is 24.2 Å². The molecule has 1 N–H and O–H groups in total. The van der Waals surface area contributed by atoms with Crippen LogP contribution in [0.5, 0.6) is 0 Å². The van der Waals surface area contributed by atoms with Crippen LogP contribution in [0.15, 0.2) is 28.7 Å². The highest BCUT2D eigenvalue weighted by Crippen LogP contribution is 2.19. The smallest absolute Gasteiger partial charge is 0.0471 e. The first-order chi connectivity index (χ1) is 7.78. The minimum atomic E-state index is 0.330. The Morgan fingerprint density at radius 3 is 2.75 bits per heavy atom. The van der Waals surface area contributed by atoms with Gasteiger partial charge in [-0.2, -0.15) is 0 Å². The molecule has 2 rings (SSSR count). The van der Waals surface area contributed by atoms with E-state index in [9.17, 15) is 5.11 Å². The molecule has 1 saturated heterocycles. The van der Waals surface area contributed by atoms with Crippen molar-refractivity contribution in [3.05, 3.63) is 34.3 Å². The Kier molecular flexibility index (Phi) is 4.38. The van der Waals surface area contributed by atoms with Gasteiger partial charge in [0.2, 0.25) is 0 Å². The monoisotopic (exact) mass is 283 g/mol. The lowest BCUT2D eigenvalue weighted by Crippen LogP contribution is -2.36. The van der Waals surface area contributed by atoms with E-state index in [1.165, 1.54) is 18.4 Å². The number of hydrogen-bond donors (Lipinski definition) is 1. The van der Waals surface area contributed by atoms with Crippen LogP contribution in [-0.4, -0.2) is 29.7 Å². The third-order valence-electron chi connectivity index (χ3n) is 3.18. The molecule has 1 aromatic rings. The highest BCUT2D eigenvalue weighted by molar-refractivity contribution is 9.10. The molecular weight excluding hydrogens is 266 g/mol. The Hall–Kier alpha value is -0.380. The van der Waals surface area contributed by atoms with Crippen LogP contribution < -0.4 is 0 Å². The Bertz CT molecular complexity index is 325. The quantitative estimate of drug-likeness (QED) is 0.922. The normalized spacial score (nSPS) is 22.2. The summed E-state index contributed by atoms with van der Waals surface area (Å²) >= 11 is 3.44. The summed E-state index contributed by atoms with van der Waals surface area (Å²) in [6.45, 7) is 3.53. The summed E-state index contributed by atoms with van der Waals surface area (Å²) in [7, 11) is 0. The fourth-order valence-corrected chi connectivity index (χ4v) is 2.56. The molecule has 88 valence electrons. The average Bonchev–Trinajstić information content (AvgIpc) is 2.32. The van der Waals surface area contributed by atoms with Gasteiger partial charge in [0.1, 0.15) is 0 Å². The third-order valence-corrected chi connectivity index (χ3v) is 3.71. The number of piperidine rings is 1. The second-order valence-electron chi connectivity index (χ2n) is 4.55. The molecule has 0 saturated carbocycles. The Labute approximate surface area is 105 Å². The molecule has 1 heterocycles. The van der Waals surface area contributed by atoms with Gasteiger partial charge in [-0.05, 0) is 43.0 Å². The van der Waals surface area contributed by atoms with Gasteiger partial charge in [-0.3, -0.25) is 4.90 Å². The molecular formula is C13H18BrNO. The van der Waals surface area contributed by atoms with Crippen LogP contribution in [0.2, 0.25) is 0 Å². The molecule has 1 aliphatic heterocycles. The van der Waals surface area contributed by atoms with Crippen molar-refractivity contribution in [3.8, 4) is 0 Å². The lowest BCUT2D eigenvalue weighted by atomic mass is 9.98. The number of nitrogens with zero attached hydrogens (tertiary/aromatic N) is 1. The highest BCUT2D eigenvalue weighted by atomic mass is 79.9. The van der Waals surface area contributed by atoms with Crippen molar-refractivity contribution < 1.29 is 5.11 Å². The highest BCUT2D eigenvalue weighted by Gasteiger charge is 2.18. The maximum Gasteiger partial charge on any atom is 0.0471 e. The molecule has 0 radical (unpaired) electrons. The van der Waals surface area contributed by atoms with Crippen LogP contribution in [0.4, 0.5) is 0 Å². The van der Waals surface area contributed by atoms with Crippen molar-refractivity contribution >= 4 is 15.9 Å². The summed E-state index contributed by atoms with van der Waals surface area (Å²) in [5, 5.41) is 9.18. The van der Waals surface area contributed by atoms with E-state index < -0.39 is 0 Å². The number of benzene rings is 1. The van der Waals surface area contributed by atoms with Gasteiger partial charge in [0.05, 0.1) is 0 Å². The van der Waals surface area contributed by atoms with Crippen molar-refractivity contribution in [2.45, 2.75) is 19.4 Å². The van der Waals surface area contributed by atoms with Gasteiger partial charge in [-0.1, -0.05) is 28.1 Å². The first-order valence-electron chi connectivity index (χ1n) is 5.85. The zero-order valence-corrected chi connectivity index (χ0v) is 11.0. The first-order valence-corrected chi connectivity index (χ1v) is 6.65. The van der Waals surface area contributed by atoms with E-state index in [1.807, 2.05) is 0 Å². The predicted octanol–water partition coefficient (Wildman–Crippen LogP) is 2.65. The Morgan fingerprint density at radius 1 is 1.31 bits per heavy atom. The second kappa shape index (κ2) is 5.80. The number of hydrogen-bond acceptors (Lipinski definition) is 2. The van der Waals surface area contributed by atoms with E-state index in [-0.39, 0.29) is 0 Å². The first kappa shape index (κ1) is 12.1. The zero-order chi connectivity index (χ0) is 11.4. The maximum atomic E-state index is 9.18. The molecule has 0 aromatic heterocycles. The van der Waals surface area contributed by atoms with Gasteiger partial charge >= 0.3 is 0 Å². The van der Waals surface area contributed by atoms with Crippen LogP contribution in [-0.2, 0) is 6.54 Å². The summed E-state index contributed by atoms with van der Waals surface area (Å²) in [6, 6.07) is 8.49. The van der Waals surface area contributed by atoms with E-state index in [0.717, 1.165) is 24.1 Å². The molecule has 16 heavy (non-hydrogen) atoms. The summed E-state index contributed by atoms with van der Waals surface area (Å²) < 4.78 is 1.13. The van der Waals surface area contributed by atoms with Crippen LogP contribution in [0.3, 0.4) is 0 Å². The third kappa shape index (κ3) is 3.30. The molecule has 0 spiro atoms. The number of rotatable bonds is 3. The molecule has 1 aliphatic rings. The molecule has 2 nitrogen and oxygen atoms in total. The summed E-state index contributed by atoms with van der Waals surface area (Å²) in [6.07, 6.45) is 2.38. The van der Waals surface area contributed by atoms with Crippen molar-refractivity contribution in [2.24, 2.45) is 5.92 Å². The van der Waals surface area contributed by atoms with Gasteiger partial charge in [0.15, 0.2) is 0 Å². The number of aliphatic hydroxyl groups is 1. The van der Waals surface area contributed by atoms with Crippen molar-refractivity contribution in [1.82, 2.24) is 4.90 Å². The lowest BCUT2D eigenvalue weighted by Gasteiger charge is -2.31. The molecule has 1 fully saturated rings. The molecule has 3 heteroatoms. The van der Waals surface area contributed by atoms with Crippen LogP contribution in [0.1, 0.15) is 18.4 Å². The van der Waals surface area contributed by atoms with E-state index in [1.54, 1.807) is 0 Å². The zero-order valence-electron chi connectivity index (χ0n) is 9.40. The van der Waals surface area contributed by atoms with Crippen molar-refractivity contribution in [1.29, 1.82) is 0 Å². The van der Waals surface area contributed by atoms with Gasteiger partial charge < -0.3 is 5.11 Å². The number of aliphatic hydroxyl groups excluding tert-OH is 1. The second-order valence-corrected chi connectivity index (χ2v) is 5.47. The predicted molar refractivity (Wildman–Crippen MR) is 69.2 cm³/mol. The summed E-state index contributed by atoms with van der Waals surface area (Å²) in [4.78, 5) is 2.44. The minimum absolute atomic E-state index is 0.330.